The number of carbonyl (C=O) groups excluding carboxylic acids is 3. The molecule has 0 aromatic heterocycles. The third kappa shape index (κ3) is 15.3. The first-order chi connectivity index (χ1) is 24.4. The first kappa shape index (κ1) is 41.6. The van der Waals surface area contributed by atoms with Gasteiger partial charge >= 0.3 is 47.9 Å². The lowest BCUT2D eigenvalue weighted by Gasteiger charge is -2.18. The molecule has 0 unspecified atom stereocenters. The summed E-state index contributed by atoms with van der Waals surface area (Å²) < 4.78 is 0. The Morgan fingerprint density at radius 2 is 0.692 bits per heavy atom. The standard InChI is InChI=1S/C33H38N4O15/c38-21(13-17-1-5-19(6-2-17)15-24(30(47)48)36-32(51)34-22(28(43)44)9-11-26(39)40)14-18-3-7-20(8-4-18)16-25(31(49)50)37-33(52)35-23(29(45)46)10-12-27(41)42/h1-8,22-25H,9-16H2,(H,39,40)(H,41,42)(H,43,44)(H,45,46)(H,47,48)(H,49,50)(H2,34,36,51)(H2,35,37,52)/t22-,23-,24-,25-/m0/s1. The van der Waals surface area contributed by atoms with Crippen molar-refractivity contribution in [1.29, 1.82) is 0 Å². The van der Waals surface area contributed by atoms with Crippen molar-refractivity contribution < 1.29 is 73.8 Å². The Kier molecular flexibility index (Phi) is 16.2. The van der Waals surface area contributed by atoms with Gasteiger partial charge < -0.3 is 51.9 Å². The highest BCUT2D eigenvalue weighted by Gasteiger charge is 2.27. The van der Waals surface area contributed by atoms with Crippen molar-refractivity contribution in [3.8, 4) is 0 Å². The Morgan fingerprint density at radius 3 is 0.962 bits per heavy atom. The summed E-state index contributed by atoms with van der Waals surface area (Å²) in [6, 6.07) is 4.42. The number of nitrogens with one attached hydrogen (secondary N) is 4. The molecular weight excluding hydrogens is 692 g/mol. The quantitative estimate of drug-likeness (QED) is 0.0777. The number of Topliss-reactive ketones (excluding diaryl/α,β-unsaturated/α-hetero) is 1. The second-order valence-corrected chi connectivity index (χ2v) is 11.6. The lowest BCUT2D eigenvalue weighted by Crippen LogP contribution is -2.51. The summed E-state index contributed by atoms with van der Waals surface area (Å²) in [6.45, 7) is 0. The number of benzene rings is 2. The number of hydrogen-bond acceptors (Lipinski definition) is 9. The Balaban J connectivity index is 1.92. The number of carbonyl (C=O) groups is 9. The lowest BCUT2D eigenvalue weighted by molar-refractivity contribution is -0.142. The molecule has 19 heteroatoms. The van der Waals surface area contributed by atoms with Crippen LogP contribution in [0.25, 0.3) is 0 Å². The normalized spacial score (nSPS) is 12.9. The molecule has 0 aliphatic heterocycles. The molecule has 0 heterocycles. The summed E-state index contributed by atoms with van der Waals surface area (Å²) >= 11 is 0. The second kappa shape index (κ2) is 20.2. The van der Waals surface area contributed by atoms with Gasteiger partial charge in [-0.15, -0.1) is 0 Å². The SMILES string of the molecule is O=C(O)CC[C@H](NC(=O)N[C@@H](Cc1ccc(CC(=O)Cc2ccc(C[C@H](NC(=O)N[C@@H](CCC(=O)O)C(=O)O)C(=O)O)cc2)cc1)C(=O)O)C(=O)O. The van der Waals surface area contributed by atoms with Crippen LogP contribution in [0.5, 0.6) is 0 Å². The van der Waals surface area contributed by atoms with Crippen LogP contribution in [0.2, 0.25) is 0 Å². The molecule has 2 aromatic rings. The minimum absolute atomic E-state index is 0.0158. The fourth-order valence-electron chi connectivity index (χ4n) is 4.74. The van der Waals surface area contributed by atoms with Gasteiger partial charge in [-0.1, -0.05) is 48.5 Å². The maximum absolute atomic E-state index is 12.8. The molecule has 2 rings (SSSR count). The zero-order valence-corrected chi connectivity index (χ0v) is 27.4. The monoisotopic (exact) mass is 730 g/mol. The van der Waals surface area contributed by atoms with E-state index in [0.717, 1.165) is 0 Å². The van der Waals surface area contributed by atoms with Crippen molar-refractivity contribution in [1.82, 2.24) is 21.3 Å². The molecule has 0 aliphatic carbocycles. The van der Waals surface area contributed by atoms with Crippen molar-refractivity contribution in [3.05, 3.63) is 70.8 Å². The molecule has 0 saturated carbocycles. The van der Waals surface area contributed by atoms with Gasteiger partial charge in [0.1, 0.15) is 30.0 Å². The van der Waals surface area contributed by atoms with E-state index in [4.69, 9.17) is 10.2 Å². The lowest BCUT2D eigenvalue weighted by atomic mass is 9.98. The molecule has 280 valence electrons. The number of carboxylic acid groups (broad SMARTS) is 6. The van der Waals surface area contributed by atoms with Gasteiger partial charge in [0.2, 0.25) is 0 Å². The van der Waals surface area contributed by atoms with Crippen LogP contribution in [0.1, 0.15) is 47.9 Å². The van der Waals surface area contributed by atoms with E-state index in [1.807, 2.05) is 10.6 Å². The largest absolute Gasteiger partial charge is 0.481 e. The zero-order chi connectivity index (χ0) is 39.0. The van der Waals surface area contributed by atoms with Crippen LogP contribution < -0.4 is 21.3 Å². The van der Waals surface area contributed by atoms with Gasteiger partial charge in [0.25, 0.3) is 0 Å². The van der Waals surface area contributed by atoms with E-state index in [9.17, 15) is 63.6 Å². The van der Waals surface area contributed by atoms with Gasteiger partial charge in [0, 0.05) is 38.5 Å². The van der Waals surface area contributed by atoms with E-state index in [1.165, 1.54) is 0 Å². The van der Waals surface area contributed by atoms with Gasteiger partial charge in [-0.05, 0) is 35.1 Å². The maximum Gasteiger partial charge on any atom is 0.326 e. The van der Waals surface area contributed by atoms with Gasteiger partial charge in [-0.2, -0.15) is 0 Å². The second-order valence-electron chi connectivity index (χ2n) is 11.6. The molecule has 19 nitrogen and oxygen atoms in total. The molecule has 0 radical (unpaired) electrons. The van der Waals surface area contributed by atoms with Crippen molar-refractivity contribution in [2.75, 3.05) is 0 Å². The third-order valence-electron chi connectivity index (χ3n) is 7.44. The van der Waals surface area contributed by atoms with Crippen LogP contribution in [0.4, 0.5) is 9.59 Å². The molecule has 4 atom stereocenters. The number of carboxylic acids is 6. The van der Waals surface area contributed by atoms with Crippen LogP contribution in [0.3, 0.4) is 0 Å². The Labute approximate surface area is 295 Å². The molecule has 4 amide bonds. The van der Waals surface area contributed by atoms with Gasteiger partial charge in [-0.25, -0.2) is 28.8 Å². The Hall–Kier alpha value is -6.53. The van der Waals surface area contributed by atoms with Crippen molar-refractivity contribution in [2.24, 2.45) is 0 Å². The van der Waals surface area contributed by atoms with E-state index in [-0.39, 0.29) is 31.5 Å². The maximum atomic E-state index is 12.8. The van der Waals surface area contributed by atoms with Crippen LogP contribution in [-0.2, 0) is 59.2 Å². The predicted molar refractivity (Wildman–Crippen MR) is 175 cm³/mol. The molecular formula is C33H38N4O15. The Bertz CT molecular complexity index is 1520. The summed E-state index contributed by atoms with van der Waals surface area (Å²) in [5.41, 5.74) is 2.17. The van der Waals surface area contributed by atoms with E-state index in [1.54, 1.807) is 48.5 Å². The van der Waals surface area contributed by atoms with Crippen molar-refractivity contribution in [2.45, 2.75) is 75.5 Å². The summed E-state index contributed by atoms with van der Waals surface area (Å²) in [7, 11) is 0. The summed E-state index contributed by atoms with van der Waals surface area (Å²) in [5.74, 6) is -8.51. The minimum atomic E-state index is -1.55. The third-order valence-corrected chi connectivity index (χ3v) is 7.44. The van der Waals surface area contributed by atoms with E-state index >= 15 is 0 Å². The molecule has 0 saturated heterocycles. The fourth-order valence-corrected chi connectivity index (χ4v) is 4.74. The molecule has 0 spiro atoms. The van der Waals surface area contributed by atoms with Gasteiger partial charge in [0.05, 0.1) is 0 Å². The first-order valence-corrected chi connectivity index (χ1v) is 15.6. The topological polar surface area (TPSA) is 323 Å². The Morgan fingerprint density at radius 1 is 0.423 bits per heavy atom. The molecule has 10 N–H and O–H groups in total. The zero-order valence-electron chi connectivity index (χ0n) is 27.4. The number of rotatable bonds is 22. The smallest absolute Gasteiger partial charge is 0.326 e. The molecule has 52 heavy (non-hydrogen) atoms. The number of ketones is 1. The van der Waals surface area contributed by atoms with Gasteiger partial charge in [0.15, 0.2) is 0 Å². The van der Waals surface area contributed by atoms with Crippen LogP contribution in [-0.4, -0.2) is 108 Å². The number of aliphatic carboxylic acids is 6. The van der Waals surface area contributed by atoms with E-state index in [0.29, 0.717) is 22.3 Å². The summed E-state index contributed by atoms with van der Waals surface area (Å²) in [6.07, 6.45) is -2.22. The highest BCUT2D eigenvalue weighted by molar-refractivity contribution is 5.87. The van der Waals surface area contributed by atoms with E-state index in [2.05, 4.69) is 10.6 Å². The number of amides is 4. The number of hydrogen-bond donors (Lipinski definition) is 10. The highest BCUT2D eigenvalue weighted by Crippen LogP contribution is 2.13. The molecule has 2 aromatic carbocycles. The van der Waals surface area contributed by atoms with Crippen molar-refractivity contribution in [3.63, 3.8) is 0 Å². The van der Waals surface area contributed by atoms with Crippen LogP contribution in [0.15, 0.2) is 48.5 Å². The first-order valence-electron chi connectivity index (χ1n) is 15.6. The summed E-state index contributed by atoms with van der Waals surface area (Å²) in [5, 5.41) is 63.4. The van der Waals surface area contributed by atoms with Crippen LogP contribution >= 0.6 is 0 Å². The molecule has 0 aliphatic rings. The van der Waals surface area contributed by atoms with Crippen molar-refractivity contribution >= 4 is 53.7 Å². The average molecular weight is 731 g/mol. The predicted octanol–water partition coefficient (Wildman–Crippen LogP) is 0.267. The number of urea groups is 2. The van der Waals surface area contributed by atoms with Gasteiger partial charge in [-0.3, -0.25) is 14.4 Å². The fraction of sp³-hybridized carbons (Fsp3) is 0.364. The summed E-state index contributed by atoms with van der Waals surface area (Å²) in [4.78, 5) is 105. The highest BCUT2D eigenvalue weighted by atomic mass is 16.4. The van der Waals surface area contributed by atoms with Crippen LogP contribution in [0, 0.1) is 0 Å². The molecule has 0 fully saturated rings. The average Bonchev–Trinajstić information content (AvgIpc) is 3.05. The van der Waals surface area contributed by atoms with E-state index < -0.39 is 97.7 Å². The minimum Gasteiger partial charge on any atom is -0.481 e. The molecule has 0 bridgehead atoms.